The average molecular weight is 731 g/mol. The van der Waals surface area contributed by atoms with Crippen molar-refractivity contribution in [3.63, 3.8) is 0 Å². The summed E-state index contributed by atoms with van der Waals surface area (Å²) in [5.41, 5.74) is 1.55. The highest BCUT2D eigenvalue weighted by atomic mass is 16.3. The number of aromatic nitrogens is 6. The van der Waals surface area contributed by atoms with E-state index in [2.05, 4.69) is 25.9 Å². The molecule has 0 bridgehead atoms. The molecule has 3 aromatic heterocycles. The number of hydrogen-bond donors (Lipinski definition) is 10. The number of phenols is 1. The number of aliphatic hydroxyl groups is 4. The van der Waals surface area contributed by atoms with Gasteiger partial charge in [0.15, 0.2) is 17.0 Å². The number of nitrogens with one attached hydrogen (secondary N) is 4. The third-order valence-corrected chi connectivity index (χ3v) is 9.91. The molecule has 53 heavy (non-hydrogen) atoms. The van der Waals surface area contributed by atoms with E-state index in [9.17, 15) is 40.2 Å². The van der Waals surface area contributed by atoms with E-state index in [4.69, 9.17) is 9.97 Å². The topological polar surface area (TPSA) is 259 Å². The molecule has 1 saturated heterocycles. The number of carbonyl (C=O) groups excluding carboxylic acids is 1. The van der Waals surface area contributed by atoms with E-state index in [1.165, 1.54) is 6.33 Å². The molecular weight excluding hydrogens is 688 g/mol. The SMILES string of the molecule is O=C(NCc1cccc(O)c1)NC1CCN(c2nc(N[C@H](CO)Cc3ccccc3)c3ncn([C@@H]4C[C@H](n5c(O)c(CO)[nH]c5=O)[C@@H](O)[C@H]4O)c3n2)C1. The molecule has 4 heterocycles. The first-order chi connectivity index (χ1) is 25.6. The summed E-state index contributed by atoms with van der Waals surface area (Å²) in [6.45, 7) is 0.263. The number of aromatic hydroxyl groups is 2. The maximum atomic E-state index is 12.8. The van der Waals surface area contributed by atoms with E-state index < -0.39 is 48.5 Å². The number of rotatable bonds is 12. The number of anilines is 2. The predicted octanol–water partition coefficient (Wildman–Crippen LogP) is 0.221. The van der Waals surface area contributed by atoms with Crippen molar-refractivity contribution in [3.05, 3.63) is 88.2 Å². The molecular formula is C35H42N10O8. The summed E-state index contributed by atoms with van der Waals surface area (Å²) in [6.07, 6.45) is -0.314. The van der Waals surface area contributed by atoms with Crippen molar-refractivity contribution in [1.29, 1.82) is 0 Å². The third-order valence-electron chi connectivity index (χ3n) is 9.91. The van der Waals surface area contributed by atoms with Gasteiger partial charge in [0.2, 0.25) is 11.8 Å². The number of carbonyl (C=O) groups is 1. The first-order valence-corrected chi connectivity index (χ1v) is 17.4. The molecule has 6 atom stereocenters. The standard InChI is InChI=1S/C35H42N10O8/c46-16-22(11-19-5-2-1-3-6-19)38-30-27-31(44(18-37-27)25-13-26(29(50)28(25)49)45-32(51)24(17-47)40-35(45)53)42-33(41-30)43-10-9-21(15-43)39-34(52)36-14-20-7-4-8-23(48)12-20/h1-8,12,18,21-22,25-26,28-29,46-51H,9-11,13-17H2,(H,40,53)(H2,36,39,52)(H,38,41,42)/t21?,22-,25+,26-,28-,29+/m0/s1. The lowest BCUT2D eigenvalue weighted by molar-refractivity contribution is 0.00758. The minimum absolute atomic E-state index is 0.00672. The number of nitrogens with zero attached hydrogens (tertiary/aromatic N) is 6. The summed E-state index contributed by atoms with van der Waals surface area (Å²) in [5.74, 6) is 0.217. The quantitative estimate of drug-likeness (QED) is 0.0825. The number of phenolic OH excluding ortho intramolecular Hbond substituents is 1. The fourth-order valence-electron chi connectivity index (χ4n) is 7.21. The summed E-state index contributed by atoms with van der Waals surface area (Å²) in [4.78, 5) is 44.0. The fraction of sp³-hybridized carbons (Fsp3) is 0.400. The lowest BCUT2D eigenvalue weighted by atomic mass is 10.1. The molecule has 2 amide bonds. The van der Waals surface area contributed by atoms with Crippen LogP contribution in [0.2, 0.25) is 0 Å². The van der Waals surface area contributed by atoms with Crippen molar-refractivity contribution in [1.82, 2.24) is 39.7 Å². The second-order valence-electron chi connectivity index (χ2n) is 13.5. The van der Waals surface area contributed by atoms with E-state index >= 15 is 0 Å². The highest BCUT2D eigenvalue weighted by molar-refractivity contribution is 5.85. The number of aromatic amines is 1. The number of imidazole rings is 2. The molecule has 1 saturated carbocycles. The van der Waals surface area contributed by atoms with Gasteiger partial charge in [-0.05, 0) is 42.5 Å². The highest BCUT2D eigenvalue weighted by Crippen LogP contribution is 2.41. The number of benzene rings is 2. The molecule has 2 aromatic carbocycles. The van der Waals surface area contributed by atoms with Crippen LogP contribution in [0.5, 0.6) is 11.6 Å². The minimum atomic E-state index is -1.46. The molecule has 0 radical (unpaired) electrons. The molecule has 1 unspecified atom stereocenters. The van der Waals surface area contributed by atoms with E-state index in [0.29, 0.717) is 48.9 Å². The number of H-pyrrole nitrogens is 1. The number of amides is 2. The molecule has 5 aromatic rings. The van der Waals surface area contributed by atoms with Crippen LogP contribution in [0.4, 0.5) is 16.6 Å². The van der Waals surface area contributed by atoms with Crippen LogP contribution in [0.25, 0.3) is 11.2 Å². The van der Waals surface area contributed by atoms with Gasteiger partial charge in [-0.1, -0.05) is 42.5 Å². The molecule has 1 aliphatic heterocycles. The number of aliphatic hydroxyl groups excluding tert-OH is 4. The van der Waals surface area contributed by atoms with Gasteiger partial charge >= 0.3 is 11.7 Å². The van der Waals surface area contributed by atoms with Gasteiger partial charge in [-0.25, -0.2) is 14.6 Å². The summed E-state index contributed by atoms with van der Waals surface area (Å²) < 4.78 is 2.53. The molecule has 18 heteroatoms. The van der Waals surface area contributed by atoms with Gasteiger partial charge in [-0.2, -0.15) is 9.97 Å². The number of urea groups is 1. The van der Waals surface area contributed by atoms with E-state index in [0.717, 1.165) is 15.7 Å². The summed E-state index contributed by atoms with van der Waals surface area (Å²) >= 11 is 0. The summed E-state index contributed by atoms with van der Waals surface area (Å²) in [7, 11) is 0. The molecule has 7 rings (SSSR count). The van der Waals surface area contributed by atoms with Crippen LogP contribution in [0, 0.1) is 0 Å². The van der Waals surface area contributed by atoms with Crippen LogP contribution in [-0.4, -0.2) is 110 Å². The molecule has 2 fully saturated rings. The van der Waals surface area contributed by atoms with Crippen molar-refractivity contribution in [3.8, 4) is 11.6 Å². The lowest BCUT2D eigenvalue weighted by Gasteiger charge is -2.22. The third kappa shape index (κ3) is 7.34. The zero-order valence-electron chi connectivity index (χ0n) is 28.6. The van der Waals surface area contributed by atoms with Crippen LogP contribution < -0.4 is 26.5 Å². The monoisotopic (exact) mass is 730 g/mol. The Morgan fingerprint density at radius 3 is 2.51 bits per heavy atom. The van der Waals surface area contributed by atoms with Crippen molar-refractivity contribution in [2.45, 2.75) is 68.8 Å². The molecule has 0 spiro atoms. The average Bonchev–Trinajstić information content (AvgIpc) is 3.93. The Morgan fingerprint density at radius 1 is 1.00 bits per heavy atom. The number of fused-ring (bicyclic) bond motifs is 1. The van der Waals surface area contributed by atoms with E-state index in [1.54, 1.807) is 28.8 Å². The largest absolute Gasteiger partial charge is 0.508 e. The van der Waals surface area contributed by atoms with Gasteiger partial charge in [0, 0.05) is 25.7 Å². The predicted molar refractivity (Wildman–Crippen MR) is 191 cm³/mol. The molecule has 2 aliphatic rings. The zero-order valence-corrected chi connectivity index (χ0v) is 28.6. The first kappa shape index (κ1) is 35.7. The Morgan fingerprint density at radius 2 is 1.77 bits per heavy atom. The van der Waals surface area contributed by atoms with Crippen LogP contribution in [-0.2, 0) is 19.6 Å². The van der Waals surface area contributed by atoms with Gasteiger partial charge in [0.1, 0.15) is 23.7 Å². The van der Waals surface area contributed by atoms with Gasteiger partial charge < -0.3 is 61.0 Å². The second-order valence-corrected chi connectivity index (χ2v) is 13.5. The lowest BCUT2D eigenvalue weighted by Crippen LogP contribution is -2.43. The highest BCUT2D eigenvalue weighted by Gasteiger charge is 2.46. The molecule has 1 aliphatic carbocycles. The molecule has 10 N–H and O–H groups in total. The van der Waals surface area contributed by atoms with E-state index in [-0.39, 0.29) is 43.1 Å². The zero-order chi connectivity index (χ0) is 37.2. The normalized spacial score (nSPS) is 22.0. The van der Waals surface area contributed by atoms with Crippen LogP contribution in [0.15, 0.2) is 65.7 Å². The van der Waals surface area contributed by atoms with Crippen molar-refractivity contribution < 1.29 is 35.4 Å². The van der Waals surface area contributed by atoms with Gasteiger partial charge in [-0.15, -0.1) is 0 Å². The minimum Gasteiger partial charge on any atom is -0.508 e. The van der Waals surface area contributed by atoms with Crippen molar-refractivity contribution >= 4 is 29.0 Å². The maximum absolute atomic E-state index is 12.8. The van der Waals surface area contributed by atoms with Gasteiger partial charge in [0.25, 0.3) is 0 Å². The Bertz CT molecular complexity index is 2120. The Hall–Kier alpha value is -5.69. The smallest absolute Gasteiger partial charge is 0.329 e. The van der Waals surface area contributed by atoms with Gasteiger partial charge in [-0.3, -0.25) is 4.57 Å². The van der Waals surface area contributed by atoms with Crippen molar-refractivity contribution in [2.75, 3.05) is 29.9 Å². The van der Waals surface area contributed by atoms with E-state index in [1.807, 2.05) is 35.2 Å². The second kappa shape index (κ2) is 15.1. The summed E-state index contributed by atoms with van der Waals surface area (Å²) in [6, 6.07) is 13.3. The fourth-order valence-corrected chi connectivity index (χ4v) is 7.21. The summed E-state index contributed by atoms with van der Waals surface area (Å²) in [5, 5.41) is 71.7. The van der Waals surface area contributed by atoms with Crippen LogP contribution in [0.3, 0.4) is 0 Å². The molecule has 18 nitrogen and oxygen atoms in total. The first-order valence-electron chi connectivity index (χ1n) is 17.4. The van der Waals surface area contributed by atoms with Crippen molar-refractivity contribution in [2.24, 2.45) is 0 Å². The maximum Gasteiger partial charge on any atom is 0.329 e. The Balaban J connectivity index is 1.16. The Labute approximate surface area is 302 Å². The number of hydrogen-bond acceptors (Lipinski definition) is 13. The van der Waals surface area contributed by atoms with Crippen LogP contribution in [0.1, 0.15) is 41.7 Å². The Kier molecular flexibility index (Phi) is 10.2. The molecule has 280 valence electrons. The van der Waals surface area contributed by atoms with Crippen LogP contribution >= 0.6 is 0 Å². The van der Waals surface area contributed by atoms with Gasteiger partial charge in [0.05, 0.1) is 37.7 Å².